The number of nitrogens with one attached hydrogen (secondary N) is 1. The summed E-state index contributed by atoms with van der Waals surface area (Å²) in [6, 6.07) is 1.96. The number of carbonyl (C=O) groups excluding carboxylic acids is 1. The maximum absolute atomic E-state index is 12.6. The largest absolute Gasteiger partial charge is 0.356 e. The van der Waals surface area contributed by atoms with E-state index in [9.17, 15) is 4.79 Å². The maximum Gasteiger partial charge on any atom is 0.270 e. The molecule has 1 amide bonds. The molecule has 3 heterocycles. The number of halogens is 1. The van der Waals surface area contributed by atoms with Gasteiger partial charge in [0.2, 0.25) is 0 Å². The lowest BCUT2D eigenvalue weighted by Gasteiger charge is -2.40. The number of amides is 1. The van der Waals surface area contributed by atoms with E-state index in [0.717, 1.165) is 19.4 Å². The predicted molar refractivity (Wildman–Crippen MR) is 94.1 cm³/mol. The zero-order chi connectivity index (χ0) is 17.3. The minimum absolute atomic E-state index is 0.0277. The Balaban J connectivity index is 1.74. The average Bonchev–Trinajstić information content (AvgIpc) is 3.15. The molecule has 1 aliphatic rings. The lowest BCUT2D eigenvalue weighted by atomic mass is 9.85. The molecule has 0 unspecified atom stereocenters. The Kier molecular flexibility index (Phi) is 4.96. The molecule has 1 aliphatic heterocycles. The summed E-state index contributed by atoms with van der Waals surface area (Å²) >= 11 is 5.91. The SMILES string of the molecule is CN(C[C@@H]1CCCN(C)[C@H]1c1cnn(C)c1)C(=O)c1cc(Cl)c[nH]1. The van der Waals surface area contributed by atoms with Crippen LogP contribution >= 0.6 is 11.6 Å². The normalized spacial score (nSPS) is 21.8. The van der Waals surface area contributed by atoms with Crippen molar-refractivity contribution in [2.75, 3.05) is 27.2 Å². The smallest absolute Gasteiger partial charge is 0.270 e. The second-order valence-electron chi connectivity index (χ2n) is 6.69. The van der Waals surface area contributed by atoms with Crippen LogP contribution in [0.15, 0.2) is 24.7 Å². The number of H-pyrrole nitrogens is 1. The molecule has 2 aromatic heterocycles. The van der Waals surface area contributed by atoms with Crippen molar-refractivity contribution in [3.05, 3.63) is 40.9 Å². The topological polar surface area (TPSA) is 57.2 Å². The van der Waals surface area contributed by atoms with E-state index in [2.05, 4.69) is 28.2 Å². The minimum atomic E-state index is -0.0277. The van der Waals surface area contributed by atoms with Crippen LogP contribution in [0.5, 0.6) is 0 Å². The highest BCUT2D eigenvalue weighted by Gasteiger charge is 2.33. The van der Waals surface area contributed by atoms with Crippen molar-refractivity contribution < 1.29 is 4.79 Å². The Labute approximate surface area is 147 Å². The van der Waals surface area contributed by atoms with E-state index < -0.39 is 0 Å². The molecule has 0 spiro atoms. The molecule has 6 nitrogen and oxygen atoms in total. The molecule has 3 rings (SSSR count). The highest BCUT2D eigenvalue weighted by Crippen LogP contribution is 2.35. The van der Waals surface area contributed by atoms with Gasteiger partial charge in [0.05, 0.1) is 11.2 Å². The van der Waals surface area contributed by atoms with Gasteiger partial charge in [-0.2, -0.15) is 5.10 Å². The molecule has 24 heavy (non-hydrogen) atoms. The van der Waals surface area contributed by atoms with Crippen molar-refractivity contribution in [1.29, 1.82) is 0 Å². The Hall–Kier alpha value is -1.79. The summed E-state index contributed by atoms with van der Waals surface area (Å²) in [6.45, 7) is 1.78. The number of aromatic amines is 1. The van der Waals surface area contributed by atoms with E-state index in [4.69, 9.17) is 11.6 Å². The van der Waals surface area contributed by atoms with Crippen LogP contribution in [0.2, 0.25) is 5.02 Å². The van der Waals surface area contributed by atoms with Crippen LogP contribution in [0, 0.1) is 5.92 Å². The summed E-state index contributed by atoms with van der Waals surface area (Å²) in [5.41, 5.74) is 1.75. The van der Waals surface area contributed by atoms with Crippen LogP contribution in [0.3, 0.4) is 0 Å². The van der Waals surface area contributed by atoms with E-state index in [-0.39, 0.29) is 11.9 Å². The van der Waals surface area contributed by atoms with Crippen molar-refractivity contribution in [3.8, 4) is 0 Å². The van der Waals surface area contributed by atoms with Gasteiger partial charge < -0.3 is 9.88 Å². The number of likely N-dealkylation sites (tertiary alicyclic amines) is 1. The highest BCUT2D eigenvalue weighted by molar-refractivity contribution is 6.30. The van der Waals surface area contributed by atoms with E-state index >= 15 is 0 Å². The molecule has 0 bridgehead atoms. The van der Waals surface area contributed by atoms with E-state index in [1.807, 2.05) is 25.0 Å². The molecule has 7 heteroatoms. The minimum Gasteiger partial charge on any atom is -0.356 e. The number of hydrogen-bond donors (Lipinski definition) is 1. The Bertz CT molecular complexity index is 709. The number of carbonyl (C=O) groups is 1. The van der Waals surface area contributed by atoms with Crippen LogP contribution in [0.4, 0.5) is 0 Å². The number of nitrogens with zero attached hydrogens (tertiary/aromatic N) is 4. The number of rotatable bonds is 4. The summed E-state index contributed by atoms with van der Waals surface area (Å²) in [6.07, 6.45) is 7.90. The quantitative estimate of drug-likeness (QED) is 0.922. The molecular formula is C17H24ClN5O. The molecule has 1 saturated heterocycles. The Morgan fingerprint density at radius 2 is 2.29 bits per heavy atom. The molecule has 2 aromatic rings. The fraction of sp³-hybridized carbons (Fsp3) is 0.529. The summed E-state index contributed by atoms with van der Waals surface area (Å²) in [4.78, 5) is 19.7. The first-order valence-corrected chi connectivity index (χ1v) is 8.61. The molecule has 130 valence electrons. The van der Waals surface area contributed by atoms with Gasteiger partial charge in [-0.1, -0.05) is 11.6 Å². The lowest BCUT2D eigenvalue weighted by molar-refractivity contribution is 0.0641. The molecule has 0 aliphatic carbocycles. The van der Waals surface area contributed by atoms with Crippen LogP contribution in [0.1, 0.15) is 34.9 Å². The second-order valence-corrected chi connectivity index (χ2v) is 7.13. The number of aryl methyl sites for hydroxylation is 1. The molecule has 1 N–H and O–H groups in total. The number of hydrogen-bond acceptors (Lipinski definition) is 3. The van der Waals surface area contributed by atoms with Gasteiger partial charge in [0.1, 0.15) is 5.69 Å². The highest BCUT2D eigenvalue weighted by atomic mass is 35.5. The summed E-state index contributed by atoms with van der Waals surface area (Å²) in [5.74, 6) is 0.354. The van der Waals surface area contributed by atoms with Gasteiger partial charge in [-0.3, -0.25) is 14.4 Å². The molecule has 0 radical (unpaired) electrons. The van der Waals surface area contributed by atoms with Crippen LogP contribution in [0.25, 0.3) is 0 Å². The zero-order valence-electron chi connectivity index (χ0n) is 14.4. The van der Waals surface area contributed by atoms with Crippen molar-refractivity contribution in [1.82, 2.24) is 24.6 Å². The van der Waals surface area contributed by atoms with Gasteiger partial charge in [0, 0.05) is 44.6 Å². The molecule has 0 saturated carbocycles. The van der Waals surface area contributed by atoms with Gasteiger partial charge in [0.25, 0.3) is 5.91 Å². The van der Waals surface area contributed by atoms with Crippen LogP contribution < -0.4 is 0 Å². The van der Waals surface area contributed by atoms with Gasteiger partial charge >= 0.3 is 0 Å². The summed E-state index contributed by atoms with van der Waals surface area (Å²) < 4.78 is 1.84. The lowest BCUT2D eigenvalue weighted by Crippen LogP contribution is -2.42. The fourth-order valence-electron chi connectivity index (χ4n) is 3.70. The average molecular weight is 350 g/mol. The van der Waals surface area contributed by atoms with Crippen molar-refractivity contribution >= 4 is 17.5 Å². The van der Waals surface area contributed by atoms with Crippen LogP contribution in [-0.2, 0) is 7.05 Å². The van der Waals surface area contributed by atoms with Gasteiger partial charge in [-0.25, -0.2) is 0 Å². The second kappa shape index (κ2) is 6.99. The first kappa shape index (κ1) is 17.0. The zero-order valence-corrected chi connectivity index (χ0v) is 15.1. The van der Waals surface area contributed by atoms with E-state index in [0.29, 0.717) is 23.2 Å². The number of piperidine rings is 1. The van der Waals surface area contributed by atoms with Crippen molar-refractivity contribution in [2.45, 2.75) is 18.9 Å². The van der Waals surface area contributed by atoms with E-state index in [1.165, 1.54) is 5.56 Å². The van der Waals surface area contributed by atoms with Crippen molar-refractivity contribution in [2.24, 2.45) is 13.0 Å². The Morgan fingerprint density at radius 1 is 1.50 bits per heavy atom. The first-order valence-electron chi connectivity index (χ1n) is 8.24. The summed E-state index contributed by atoms with van der Waals surface area (Å²) in [5, 5.41) is 4.87. The monoisotopic (exact) mass is 349 g/mol. The third-order valence-electron chi connectivity index (χ3n) is 4.81. The van der Waals surface area contributed by atoms with E-state index in [1.54, 1.807) is 17.2 Å². The van der Waals surface area contributed by atoms with Gasteiger partial charge in [-0.05, 0) is 38.4 Å². The standard InChI is InChI=1S/C17H24ClN5O/c1-21-6-4-5-12(16(21)13-8-20-23(3)11-13)10-22(2)17(24)15-7-14(18)9-19-15/h7-9,11-12,16,19H,4-6,10H2,1-3H3/t12-,16+/m0/s1. The van der Waals surface area contributed by atoms with Gasteiger partial charge in [-0.15, -0.1) is 0 Å². The Morgan fingerprint density at radius 3 is 2.92 bits per heavy atom. The summed E-state index contributed by atoms with van der Waals surface area (Å²) in [7, 11) is 5.94. The third-order valence-corrected chi connectivity index (χ3v) is 5.02. The molecule has 0 aromatic carbocycles. The maximum atomic E-state index is 12.6. The molecule has 2 atom stereocenters. The first-order chi connectivity index (χ1) is 11.5. The molecular weight excluding hydrogens is 326 g/mol. The molecule has 1 fully saturated rings. The van der Waals surface area contributed by atoms with Gasteiger partial charge in [0.15, 0.2) is 0 Å². The van der Waals surface area contributed by atoms with Crippen LogP contribution in [-0.4, -0.2) is 57.7 Å². The number of aromatic nitrogens is 3. The van der Waals surface area contributed by atoms with Crippen molar-refractivity contribution in [3.63, 3.8) is 0 Å². The predicted octanol–water partition coefficient (Wildman–Crippen LogP) is 2.56. The third kappa shape index (κ3) is 3.49. The fourth-order valence-corrected chi connectivity index (χ4v) is 3.87.